The Morgan fingerprint density at radius 3 is 2.89 bits per heavy atom. The van der Waals surface area contributed by atoms with Crippen LogP contribution >= 0.6 is 11.8 Å². The molecule has 98 valence electrons. The third-order valence-electron chi connectivity index (χ3n) is 3.34. The monoisotopic (exact) mass is 265 g/mol. The van der Waals surface area contributed by atoms with E-state index in [1.807, 2.05) is 23.9 Å². The highest BCUT2D eigenvalue weighted by Crippen LogP contribution is 2.29. The standard InChI is InChI=1S/C14H19NO2S/c1-11-4-2-3-5-13(11)15(8-6-14(16)17)12-7-9-18-10-12/h2-5,12H,6-10H2,1H3,(H,16,17). The molecule has 0 radical (unpaired) electrons. The number of thioether (sulfide) groups is 1. The third-order valence-corrected chi connectivity index (χ3v) is 4.48. The number of aliphatic carboxylic acids is 1. The fourth-order valence-corrected chi connectivity index (χ4v) is 3.59. The predicted molar refractivity (Wildman–Crippen MR) is 76.5 cm³/mol. The number of para-hydroxylation sites is 1. The predicted octanol–water partition coefficient (Wildman–Crippen LogP) is 2.78. The molecule has 18 heavy (non-hydrogen) atoms. The number of hydrogen-bond acceptors (Lipinski definition) is 3. The average molecular weight is 265 g/mol. The number of hydrogen-bond donors (Lipinski definition) is 1. The van der Waals surface area contributed by atoms with E-state index in [9.17, 15) is 4.79 Å². The molecule has 3 nitrogen and oxygen atoms in total. The molecule has 0 aliphatic carbocycles. The van der Waals surface area contributed by atoms with Gasteiger partial charge in [0.1, 0.15) is 0 Å². The van der Waals surface area contributed by atoms with E-state index in [4.69, 9.17) is 5.11 Å². The van der Waals surface area contributed by atoms with Crippen molar-refractivity contribution in [1.29, 1.82) is 0 Å². The van der Waals surface area contributed by atoms with Crippen LogP contribution in [0.4, 0.5) is 5.69 Å². The van der Waals surface area contributed by atoms with Crippen LogP contribution in [-0.2, 0) is 4.79 Å². The number of aryl methyl sites for hydroxylation is 1. The summed E-state index contributed by atoms with van der Waals surface area (Å²) in [6, 6.07) is 8.72. The van der Waals surface area contributed by atoms with Gasteiger partial charge in [-0.15, -0.1) is 0 Å². The molecule has 1 aromatic rings. The highest BCUT2D eigenvalue weighted by molar-refractivity contribution is 7.99. The number of rotatable bonds is 5. The molecule has 0 bridgehead atoms. The van der Waals surface area contributed by atoms with E-state index < -0.39 is 5.97 Å². The van der Waals surface area contributed by atoms with E-state index in [2.05, 4.69) is 24.0 Å². The van der Waals surface area contributed by atoms with Gasteiger partial charge in [0.2, 0.25) is 0 Å². The lowest BCUT2D eigenvalue weighted by Crippen LogP contribution is -2.37. The van der Waals surface area contributed by atoms with Crippen LogP contribution < -0.4 is 4.90 Å². The lowest BCUT2D eigenvalue weighted by molar-refractivity contribution is -0.136. The van der Waals surface area contributed by atoms with Gasteiger partial charge < -0.3 is 10.0 Å². The summed E-state index contributed by atoms with van der Waals surface area (Å²) in [6.45, 7) is 2.69. The van der Waals surface area contributed by atoms with Crippen molar-refractivity contribution in [1.82, 2.24) is 0 Å². The number of carboxylic acids is 1. The summed E-state index contributed by atoms with van der Waals surface area (Å²) >= 11 is 1.96. The Morgan fingerprint density at radius 1 is 1.50 bits per heavy atom. The van der Waals surface area contributed by atoms with Gasteiger partial charge in [0, 0.05) is 24.0 Å². The summed E-state index contributed by atoms with van der Waals surface area (Å²) in [6.07, 6.45) is 1.36. The Bertz CT molecular complexity index is 416. The lowest BCUT2D eigenvalue weighted by Gasteiger charge is -2.31. The zero-order valence-electron chi connectivity index (χ0n) is 10.6. The first-order valence-electron chi connectivity index (χ1n) is 6.30. The first-order chi connectivity index (χ1) is 8.68. The summed E-state index contributed by atoms with van der Waals surface area (Å²) in [5, 5.41) is 8.89. The Balaban J connectivity index is 2.17. The largest absolute Gasteiger partial charge is 0.481 e. The Hall–Kier alpha value is -1.16. The topological polar surface area (TPSA) is 40.5 Å². The first-order valence-corrected chi connectivity index (χ1v) is 7.46. The van der Waals surface area contributed by atoms with Crippen molar-refractivity contribution in [3.8, 4) is 0 Å². The summed E-state index contributed by atoms with van der Waals surface area (Å²) in [4.78, 5) is 13.1. The quantitative estimate of drug-likeness (QED) is 0.888. The molecule has 0 aromatic heterocycles. The zero-order valence-corrected chi connectivity index (χ0v) is 11.4. The van der Waals surface area contributed by atoms with Gasteiger partial charge in [-0.2, -0.15) is 11.8 Å². The molecule has 0 saturated carbocycles. The molecule has 1 aliphatic rings. The normalized spacial score (nSPS) is 18.8. The van der Waals surface area contributed by atoms with Gasteiger partial charge in [0.15, 0.2) is 0 Å². The van der Waals surface area contributed by atoms with Crippen molar-refractivity contribution >= 4 is 23.4 Å². The molecule has 1 aliphatic heterocycles. The van der Waals surface area contributed by atoms with Crippen LogP contribution in [-0.4, -0.2) is 35.2 Å². The van der Waals surface area contributed by atoms with Crippen LogP contribution in [0.25, 0.3) is 0 Å². The fourth-order valence-electron chi connectivity index (χ4n) is 2.37. The van der Waals surface area contributed by atoms with E-state index >= 15 is 0 Å². The zero-order chi connectivity index (χ0) is 13.0. The van der Waals surface area contributed by atoms with Crippen LogP contribution in [0.1, 0.15) is 18.4 Å². The van der Waals surface area contributed by atoms with Crippen LogP contribution in [0.3, 0.4) is 0 Å². The smallest absolute Gasteiger partial charge is 0.305 e. The molecule has 4 heteroatoms. The van der Waals surface area contributed by atoms with Crippen molar-refractivity contribution in [2.75, 3.05) is 23.0 Å². The minimum Gasteiger partial charge on any atom is -0.481 e. The molecule has 1 N–H and O–H groups in total. The molecule has 1 heterocycles. The number of anilines is 1. The SMILES string of the molecule is Cc1ccccc1N(CCC(=O)O)C1CCSC1. The maximum atomic E-state index is 10.8. The molecule has 0 amide bonds. The second-order valence-corrected chi connectivity index (χ2v) is 5.79. The maximum absolute atomic E-state index is 10.8. The van der Waals surface area contributed by atoms with Gasteiger partial charge in [0.05, 0.1) is 6.42 Å². The summed E-state index contributed by atoms with van der Waals surface area (Å²) < 4.78 is 0. The van der Waals surface area contributed by atoms with Crippen LogP contribution in [0.15, 0.2) is 24.3 Å². The number of carboxylic acid groups (broad SMARTS) is 1. The molecule has 1 fully saturated rings. The number of nitrogens with zero attached hydrogens (tertiary/aromatic N) is 1. The van der Waals surface area contributed by atoms with E-state index in [1.54, 1.807) is 0 Å². The van der Waals surface area contributed by atoms with Crippen molar-refractivity contribution in [3.05, 3.63) is 29.8 Å². The Labute approximate surface area is 112 Å². The van der Waals surface area contributed by atoms with Crippen LogP contribution in [0.5, 0.6) is 0 Å². The van der Waals surface area contributed by atoms with Crippen molar-refractivity contribution in [2.24, 2.45) is 0 Å². The molecule has 1 saturated heterocycles. The second-order valence-electron chi connectivity index (χ2n) is 4.64. The molecule has 2 rings (SSSR count). The first kappa shape index (κ1) is 13.3. The van der Waals surface area contributed by atoms with Crippen molar-refractivity contribution < 1.29 is 9.90 Å². The summed E-state index contributed by atoms with van der Waals surface area (Å²) in [5.41, 5.74) is 2.41. The van der Waals surface area contributed by atoms with E-state index in [-0.39, 0.29) is 6.42 Å². The summed E-state index contributed by atoms with van der Waals surface area (Å²) in [7, 11) is 0. The minimum atomic E-state index is -0.723. The molecule has 0 spiro atoms. The Kier molecular flexibility index (Phi) is 4.53. The Morgan fingerprint density at radius 2 is 2.28 bits per heavy atom. The molecule has 1 atom stereocenters. The van der Waals surface area contributed by atoms with Gasteiger partial charge in [-0.1, -0.05) is 18.2 Å². The van der Waals surface area contributed by atoms with Gasteiger partial charge in [-0.25, -0.2) is 0 Å². The van der Waals surface area contributed by atoms with E-state index in [1.165, 1.54) is 17.0 Å². The number of carbonyl (C=O) groups is 1. The van der Waals surface area contributed by atoms with E-state index in [0.717, 1.165) is 12.2 Å². The van der Waals surface area contributed by atoms with Crippen molar-refractivity contribution in [3.63, 3.8) is 0 Å². The maximum Gasteiger partial charge on any atom is 0.305 e. The molecular formula is C14H19NO2S. The van der Waals surface area contributed by atoms with Gasteiger partial charge in [0.25, 0.3) is 0 Å². The van der Waals surface area contributed by atoms with Gasteiger partial charge >= 0.3 is 5.97 Å². The second kappa shape index (κ2) is 6.14. The molecule has 1 aromatic carbocycles. The van der Waals surface area contributed by atoms with Gasteiger partial charge in [-0.3, -0.25) is 4.79 Å². The van der Waals surface area contributed by atoms with Gasteiger partial charge in [-0.05, 0) is 30.7 Å². The molecule has 1 unspecified atom stereocenters. The van der Waals surface area contributed by atoms with Crippen LogP contribution in [0.2, 0.25) is 0 Å². The third kappa shape index (κ3) is 3.19. The molecular weight excluding hydrogens is 246 g/mol. The minimum absolute atomic E-state index is 0.204. The summed E-state index contributed by atoms with van der Waals surface area (Å²) in [5.74, 6) is 1.56. The fraction of sp³-hybridized carbons (Fsp3) is 0.500. The average Bonchev–Trinajstić information content (AvgIpc) is 2.85. The van der Waals surface area contributed by atoms with Crippen molar-refractivity contribution in [2.45, 2.75) is 25.8 Å². The van der Waals surface area contributed by atoms with Crippen LogP contribution in [0, 0.1) is 6.92 Å². The highest BCUT2D eigenvalue weighted by atomic mass is 32.2. The highest BCUT2D eigenvalue weighted by Gasteiger charge is 2.24. The van der Waals surface area contributed by atoms with E-state index in [0.29, 0.717) is 12.6 Å². The lowest BCUT2D eigenvalue weighted by atomic mass is 10.1. The number of benzene rings is 1.